The number of phenolic OH excluding ortho intramolecular Hbond substituents is 1. The summed E-state index contributed by atoms with van der Waals surface area (Å²) >= 11 is 0. The number of Topliss-reactive ketones (excluding diaryl/α,β-unsaturated/α-hetero) is 5. The van der Waals surface area contributed by atoms with Crippen molar-refractivity contribution < 1.29 is 39.0 Å². The molecule has 10 nitrogen and oxygen atoms in total. The molecule has 0 aliphatic heterocycles. The first-order chi connectivity index (χ1) is 16.5. The SMILES string of the molecule is NC(=O)C1C(=O)C[C@@H]2[C@@H](CC(=O)C3CCC3)[C@@H]3Cc4ccc(N)c(O)c4C(=O)C3C(=O)[C@]2(O)C1=O. The summed E-state index contributed by atoms with van der Waals surface area (Å²) in [7, 11) is 0. The maximum absolute atomic E-state index is 13.7. The summed E-state index contributed by atoms with van der Waals surface area (Å²) in [6.07, 6.45) is 1.85. The van der Waals surface area contributed by atoms with Gasteiger partial charge in [-0.15, -0.1) is 0 Å². The number of aliphatic hydroxyl groups is 1. The Balaban J connectivity index is 1.65. The lowest BCUT2D eigenvalue weighted by molar-refractivity contribution is -0.182. The minimum Gasteiger partial charge on any atom is -0.505 e. The molecule has 0 aromatic heterocycles. The lowest BCUT2D eigenvalue weighted by Gasteiger charge is -2.53. The minimum absolute atomic E-state index is 0.0692. The van der Waals surface area contributed by atoms with Crippen molar-refractivity contribution in [2.24, 2.45) is 41.2 Å². The number of benzene rings is 1. The maximum Gasteiger partial charge on any atom is 0.235 e. The number of amides is 1. The molecule has 0 spiro atoms. The number of nitrogen functional groups attached to an aromatic ring is 1. The number of hydrogen-bond acceptors (Lipinski definition) is 9. The van der Waals surface area contributed by atoms with Crippen LogP contribution in [0.2, 0.25) is 0 Å². The smallest absolute Gasteiger partial charge is 0.235 e. The average Bonchev–Trinajstić information content (AvgIpc) is 2.74. The lowest BCUT2D eigenvalue weighted by atomic mass is 9.49. The van der Waals surface area contributed by atoms with E-state index >= 15 is 0 Å². The molecule has 6 N–H and O–H groups in total. The van der Waals surface area contributed by atoms with E-state index < -0.39 is 76.4 Å². The van der Waals surface area contributed by atoms with Crippen molar-refractivity contribution in [2.45, 2.75) is 44.1 Å². The van der Waals surface area contributed by atoms with Gasteiger partial charge in [-0.2, -0.15) is 0 Å². The number of carbonyl (C=O) groups excluding carboxylic acids is 6. The van der Waals surface area contributed by atoms with Crippen LogP contribution in [0.15, 0.2) is 12.1 Å². The fraction of sp³-hybridized carbons (Fsp3) is 0.520. The van der Waals surface area contributed by atoms with Gasteiger partial charge in [0, 0.05) is 24.7 Å². The molecule has 4 aliphatic carbocycles. The molecule has 2 unspecified atom stereocenters. The second-order valence-corrected chi connectivity index (χ2v) is 10.3. The predicted molar refractivity (Wildman–Crippen MR) is 119 cm³/mol. The van der Waals surface area contributed by atoms with Gasteiger partial charge in [-0.05, 0) is 42.7 Å². The van der Waals surface area contributed by atoms with Crippen LogP contribution in [0.3, 0.4) is 0 Å². The molecule has 6 atom stereocenters. The number of phenols is 1. The molecule has 35 heavy (non-hydrogen) atoms. The van der Waals surface area contributed by atoms with Gasteiger partial charge < -0.3 is 21.7 Å². The number of carbonyl (C=O) groups is 6. The van der Waals surface area contributed by atoms with Gasteiger partial charge in [0.1, 0.15) is 11.5 Å². The highest BCUT2D eigenvalue weighted by Crippen LogP contribution is 2.54. The van der Waals surface area contributed by atoms with Crippen LogP contribution in [-0.4, -0.2) is 50.6 Å². The second kappa shape index (κ2) is 7.81. The largest absolute Gasteiger partial charge is 0.505 e. The normalized spacial score (nSPS) is 34.5. The van der Waals surface area contributed by atoms with Gasteiger partial charge in [0.05, 0.1) is 17.2 Å². The van der Waals surface area contributed by atoms with Crippen molar-refractivity contribution in [3.63, 3.8) is 0 Å². The average molecular weight is 482 g/mol. The fourth-order valence-corrected chi connectivity index (χ4v) is 6.57. The zero-order chi connectivity index (χ0) is 25.4. The number of fused-ring (bicyclic) bond motifs is 3. The number of aromatic hydroxyl groups is 1. The molecule has 3 fully saturated rings. The number of ketones is 5. The highest BCUT2D eigenvalue weighted by atomic mass is 16.3. The van der Waals surface area contributed by atoms with Gasteiger partial charge in [0.25, 0.3) is 0 Å². The quantitative estimate of drug-likeness (QED) is 0.257. The van der Waals surface area contributed by atoms with Gasteiger partial charge in [0.2, 0.25) is 5.91 Å². The van der Waals surface area contributed by atoms with E-state index in [1.807, 2.05) is 0 Å². The first-order valence-corrected chi connectivity index (χ1v) is 11.8. The third-order valence-electron chi connectivity index (χ3n) is 8.63. The maximum atomic E-state index is 13.7. The monoisotopic (exact) mass is 482 g/mol. The van der Waals surface area contributed by atoms with Gasteiger partial charge >= 0.3 is 0 Å². The highest BCUT2D eigenvalue weighted by molar-refractivity contribution is 6.31. The van der Waals surface area contributed by atoms with Crippen LogP contribution in [0.5, 0.6) is 5.75 Å². The van der Waals surface area contributed by atoms with Crippen LogP contribution in [-0.2, 0) is 30.4 Å². The summed E-state index contributed by atoms with van der Waals surface area (Å²) in [6.45, 7) is 0. The Kier molecular flexibility index (Phi) is 5.21. The van der Waals surface area contributed by atoms with Crippen LogP contribution in [0.4, 0.5) is 5.69 Å². The van der Waals surface area contributed by atoms with E-state index in [1.165, 1.54) is 6.07 Å². The Morgan fingerprint density at radius 1 is 1.06 bits per heavy atom. The van der Waals surface area contributed by atoms with Crippen molar-refractivity contribution in [1.82, 2.24) is 0 Å². The molecule has 1 aromatic carbocycles. The molecule has 1 aromatic rings. The third kappa shape index (κ3) is 3.12. The van der Waals surface area contributed by atoms with E-state index in [-0.39, 0.29) is 35.8 Å². The van der Waals surface area contributed by atoms with Gasteiger partial charge in [-0.1, -0.05) is 12.5 Å². The number of rotatable bonds is 4. The Labute approximate surface area is 200 Å². The van der Waals surface area contributed by atoms with Gasteiger partial charge in [0.15, 0.2) is 34.7 Å². The number of primary amides is 1. The summed E-state index contributed by atoms with van der Waals surface area (Å²) in [5.41, 5.74) is 8.39. The summed E-state index contributed by atoms with van der Waals surface area (Å²) in [6, 6.07) is 3.00. The van der Waals surface area contributed by atoms with E-state index in [0.717, 1.165) is 6.42 Å². The Morgan fingerprint density at radius 2 is 1.74 bits per heavy atom. The summed E-state index contributed by atoms with van der Waals surface area (Å²) in [4.78, 5) is 78.2. The zero-order valence-electron chi connectivity index (χ0n) is 18.9. The summed E-state index contributed by atoms with van der Waals surface area (Å²) in [5.74, 6) is -12.5. The van der Waals surface area contributed by atoms with E-state index in [9.17, 15) is 39.0 Å². The standard InChI is InChI=1S/C25H26N2O8/c26-14-5-4-10-6-12-11(7-15(28)9-2-1-3-9)13-8-16(29)19(24(27)34)23(33)25(13,35)22(32)18(12)21(31)17(10)20(14)30/h4-5,9,11-13,18-19,30,35H,1-3,6-8,26H2,(H2,27,34)/t11-,12-,13+,18?,19?,25-/m0/s1. The van der Waals surface area contributed by atoms with E-state index in [4.69, 9.17) is 11.5 Å². The Bertz CT molecular complexity index is 1220. The third-order valence-corrected chi connectivity index (χ3v) is 8.63. The molecule has 1 amide bonds. The Hall–Kier alpha value is -3.40. The second-order valence-electron chi connectivity index (χ2n) is 10.3. The van der Waals surface area contributed by atoms with Crippen molar-refractivity contribution in [3.05, 3.63) is 23.3 Å². The topological polar surface area (TPSA) is 195 Å². The number of nitrogens with two attached hydrogens (primary N) is 2. The highest BCUT2D eigenvalue weighted by Gasteiger charge is 2.69. The van der Waals surface area contributed by atoms with Crippen LogP contribution in [0.1, 0.15) is 48.0 Å². The van der Waals surface area contributed by atoms with E-state index in [0.29, 0.717) is 18.4 Å². The van der Waals surface area contributed by atoms with Crippen LogP contribution >= 0.6 is 0 Å². The van der Waals surface area contributed by atoms with Crippen LogP contribution < -0.4 is 11.5 Å². The molecule has 4 aliphatic rings. The molecule has 184 valence electrons. The Morgan fingerprint density at radius 3 is 2.34 bits per heavy atom. The molecule has 0 radical (unpaired) electrons. The van der Waals surface area contributed by atoms with Crippen molar-refractivity contribution in [2.75, 3.05) is 5.73 Å². The number of anilines is 1. The minimum atomic E-state index is -2.82. The number of hydrogen-bond donors (Lipinski definition) is 4. The zero-order valence-corrected chi connectivity index (χ0v) is 18.9. The molecule has 0 saturated heterocycles. The fourth-order valence-electron chi connectivity index (χ4n) is 6.57. The molecular formula is C25H26N2O8. The van der Waals surface area contributed by atoms with Gasteiger partial charge in [-0.3, -0.25) is 28.8 Å². The molecule has 5 rings (SSSR count). The van der Waals surface area contributed by atoms with Crippen LogP contribution in [0.25, 0.3) is 0 Å². The first-order valence-electron chi connectivity index (χ1n) is 11.8. The molecule has 0 bridgehead atoms. The predicted octanol–water partition coefficient (Wildman–Crippen LogP) is -0.106. The molecule has 0 heterocycles. The molecule has 3 saturated carbocycles. The summed E-state index contributed by atoms with van der Waals surface area (Å²) in [5, 5.41) is 22.0. The van der Waals surface area contributed by atoms with Crippen LogP contribution in [0, 0.1) is 35.5 Å². The van der Waals surface area contributed by atoms with E-state index in [1.54, 1.807) is 6.07 Å². The molecule has 10 heteroatoms. The van der Waals surface area contributed by atoms with Crippen molar-refractivity contribution in [1.29, 1.82) is 0 Å². The van der Waals surface area contributed by atoms with Gasteiger partial charge in [-0.25, -0.2) is 0 Å². The molecular weight excluding hydrogens is 456 g/mol. The van der Waals surface area contributed by atoms with Crippen molar-refractivity contribution >= 4 is 40.5 Å². The first kappa shape index (κ1) is 23.3. The lowest BCUT2D eigenvalue weighted by Crippen LogP contribution is -2.71. The van der Waals surface area contributed by atoms with Crippen molar-refractivity contribution in [3.8, 4) is 5.75 Å². The summed E-state index contributed by atoms with van der Waals surface area (Å²) < 4.78 is 0. The van der Waals surface area contributed by atoms with E-state index in [2.05, 4.69) is 0 Å².